The van der Waals surface area contributed by atoms with Crippen molar-refractivity contribution in [2.24, 2.45) is 10.1 Å². The van der Waals surface area contributed by atoms with Crippen LogP contribution in [0.1, 0.15) is 11.1 Å². The molecule has 0 saturated heterocycles. The third kappa shape index (κ3) is 6.44. The fourth-order valence-electron chi connectivity index (χ4n) is 4.12. The maximum atomic E-state index is 14.4. The molecule has 2 heterocycles. The number of ether oxygens (including phenoxy) is 1. The van der Waals surface area contributed by atoms with Crippen molar-refractivity contribution in [3.63, 3.8) is 0 Å². The molecule has 0 fully saturated rings. The summed E-state index contributed by atoms with van der Waals surface area (Å²) in [4.78, 5) is 5.30. The highest BCUT2D eigenvalue weighted by Crippen LogP contribution is 2.30. The molecule has 0 bridgehead atoms. The Bertz CT molecular complexity index is 2030. The predicted octanol–water partition coefficient (Wildman–Crippen LogP) is 9.67. The van der Waals surface area contributed by atoms with Crippen LogP contribution in [0, 0.1) is 18.6 Å². The Morgan fingerprint density at radius 1 is 0.930 bits per heavy atom. The maximum Gasteiger partial charge on any atom is 0.211 e. The molecule has 43 heavy (non-hydrogen) atoms. The highest BCUT2D eigenvalue weighted by molar-refractivity contribution is 7.07. The number of hydrogen-bond donors (Lipinski definition) is 0. The second-order valence-electron chi connectivity index (χ2n) is 9.28. The molecule has 11 heteroatoms. The van der Waals surface area contributed by atoms with Crippen LogP contribution >= 0.6 is 34.5 Å². The van der Waals surface area contributed by atoms with Gasteiger partial charge in [0.25, 0.3) is 0 Å². The first-order valence-corrected chi connectivity index (χ1v) is 14.5. The lowest BCUT2D eigenvalue weighted by Gasteiger charge is -2.09. The van der Waals surface area contributed by atoms with E-state index in [0.29, 0.717) is 60.3 Å². The molecule has 0 amide bonds. The van der Waals surface area contributed by atoms with E-state index >= 15 is 0 Å². The van der Waals surface area contributed by atoms with E-state index in [0.717, 1.165) is 5.56 Å². The minimum atomic E-state index is -0.464. The van der Waals surface area contributed by atoms with Gasteiger partial charge in [0.1, 0.15) is 34.5 Å². The number of benzene rings is 4. The molecule has 0 atom stereocenters. The molecule has 0 aliphatic rings. The van der Waals surface area contributed by atoms with Gasteiger partial charge in [0, 0.05) is 32.6 Å². The Hall–Kier alpha value is -4.57. The fourth-order valence-corrected chi connectivity index (χ4v) is 5.30. The van der Waals surface area contributed by atoms with Crippen LogP contribution < -0.4 is 9.54 Å². The first-order chi connectivity index (χ1) is 20.8. The van der Waals surface area contributed by atoms with Crippen molar-refractivity contribution in [1.29, 1.82) is 0 Å². The van der Waals surface area contributed by atoms with Crippen molar-refractivity contribution in [2.75, 3.05) is 0 Å². The van der Waals surface area contributed by atoms with Gasteiger partial charge in [-0.2, -0.15) is 5.10 Å². The van der Waals surface area contributed by atoms with Crippen molar-refractivity contribution in [3.8, 4) is 34.2 Å². The summed E-state index contributed by atoms with van der Waals surface area (Å²) in [5.41, 5.74) is 3.57. The highest BCUT2D eigenvalue weighted by atomic mass is 35.5. The molecule has 2 aromatic heterocycles. The summed E-state index contributed by atoms with van der Waals surface area (Å²) in [7, 11) is 0. The van der Waals surface area contributed by atoms with Crippen LogP contribution in [0.25, 0.3) is 22.7 Å². The molecule has 0 saturated carbocycles. The van der Waals surface area contributed by atoms with E-state index in [4.69, 9.17) is 37.5 Å². The smallest absolute Gasteiger partial charge is 0.211 e. The van der Waals surface area contributed by atoms with E-state index in [-0.39, 0.29) is 5.82 Å². The molecule has 0 aliphatic heterocycles. The van der Waals surface area contributed by atoms with Crippen molar-refractivity contribution in [2.45, 2.75) is 6.92 Å². The van der Waals surface area contributed by atoms with Crippen LogP contribution in [0.5, 0.6) is 11.5 Å². The molecule has 0 unspecified atom stereocenters. The van der Waals surface area contributed by atoms with Crippen molar-refractivity contribution in [1.82, 2.24) is 9.83 Å². The Labute approximate surface area is 258 Å². The third-order valence-corrected chi connectivity index (χ3v) is 7.81. The number of hydrogen-bond acceptors (Lipinski definition) is 6. The van der Waals surface area contributed by atoms with Crippen LogP contribution in [0.2, 0.25) is 10.0 Å². The largest absolute Gasteiger partial charge is 0.457 e. The number of aromatic nitrogens is 2. The number of halogens is 4. The summed E-state index contributed by atoms with van der Waals surface area (Å²) in [6.07, 6.45) is 1.47. The third-order valence-electron chi connectivity index (χ3n) is 6.35. The van der Waals surface area contributed by atoms with Gasteiger partial charge in [-0.1, -0.05) is 40.5 Å². The lowest BCUT2D eigenvalue weighted by atomic mass is 10.1. The van der Waals surface area contributed by atoms with Crippen molar-refractivity contribution in [3.05, 3.63) is 134 Å². The summed E-state index contributed by atoms with van der Waals surface area (Å²) < 4.78 is 41.1. The second kappa shape index (κ2) is 12.3. The Morgan fingerprint density at radius 2 is 1.72 bits per heavy atom. The van der Waals surface area contributed by atoms with E-state index in [1.54, 1.807) is 53.2 Å². The summed E-state index contributed by atoms with van der Waals surface area (Å²) >= 11 is 13.8. The Balaban J connectivity index is 1.45. The quantitative estimate of drug-likeness (QED) is 0.165. The summed E-state index contributed by atoms with van der Waals surface area (Å²) in [5.74, 6) is 0.434. The average Bonchev–Trinajstić information content (AvgIpc) is 3.63. The lowest BCUT2D eigenvalue weighted by Crippen LogP contribution is -2.11. The molecule has 0 aliphatic carbocycles. The molecular weight excluding hydrogens is 613 g/mol. The number of thiazole rings is 1. The van der Waals surface area contributed by atoms with E-state index in [1.807, 2.05) is 24.4 Å². The van der Waals surface area contributed by atoms with E-state index in [2.05, 4.69) is 10.3 Å². The zero-order chi connectivity index (χ0) is 29.9. The van der Waals surface area contributed by atoms with Crippen molar-refractivity contribution < 1.29 is 18.0 Å². The molecule has 6 rings (SSSR count). The standard InChI is InChI=1S/C32H20Cl2F2N4O2S/c1-19-26(34)6-3-7-27(19)38-32-40(29(18-43-32)31-16-28(39-42-31)20-8-10-23(35)11-9-20)37-17-21-14-24(36)12-13-30(21)41-25-5-2-4-22(33)15-25/h2-18H,1H3/b37-17+,38-32?. The molecule has 0 spiro atoms. The summed E-state index contributed by atoms with van der Waals surface area (Å²) in [5, 5.41) is 11.7. The van der Waals surface area contributed by atoms with Gasteiger partial charge >= 0.3 is 0 Å². The van der Waals surface area contributed by atoms with Gasteiger partial charge in [-0.25, -0.2) is 18.4 Å². The topological polar surface area (TPSA) is 64.9 Å². The normalized spacial score (nSPS) is 11.9. The second-order valence-corrected chi connectivity index (χ2v) is 11.0. The minimum Gasteiger partial charge on any atom is -0.457 e. The molecule has 6 nitrogen and oxygen atoms in total. The van der Waals surface area contributed by atoms with E-state index < -0.39 is 5.82 Å². The van der Waals surface area contributed by atoms with E-state index in [1.165, 1.54) is 47.9 Å². The van der Waals surface area contributed by atoms with Gasteiger partial charge in [-0.05, 0) is 85.3 Å². The lowest BCUT2D eigenvalue weighted by molar-refractivity contribution is 0.432. The highest BCUT2D eigenvalue weighted by Gasteiger charge is 2.16. The maximum absolute atomic E-state index is 14.4. The van der Waals surface area contributed by atoms with Gasteiger partial charge in [-0.15, -0.1) is 11.3 Å². The summed E-state index contributed by atoms with van der Waals surface area (Å²) in [6, 6.07) is 24.1. The predicted molar refractivity (Wildman–Crippen MR) is 166 cm³/mol. The van der Waals surface area contributed by atoms with Crippen LogP contribution in [-0.2, 0) is 0 Å². The first kappa shape index (κ1) is 28.5. The van der Waals surface area contributed by atoms with Crippen LogP contribution in [0.15, 0.2) is 111 Å². The van der Waals surface area contributed by atoms with Gasteiger partial charge in [0.15, 0.2) is 5.76 Å². The molecule has 214 valence electrons. The Morgan fingerprint density at radius 3 is 2.53 bits per heavy atom. The number of nitrogens with zero attached hydrogens (tertiary/aromatic N) is 4. The van der Waals surface area contributed by atoms with Gasteiger partial charge in [0.05, 0.1) is 11.9 Å². The first-order valence-electron chi connectivity index (χ1n) is 12.8. The number of rotatable bonds is 7. The zero-order valence-electron chi connectivity index (χ0n) is 22.3. The molecule has 0 N–H and O–H groups in total. The molecule has 4 aromatic carbocycles. The fraction of sp³-hybridized carbons (Fsp3) is 0.0312. The van der Waals surface area contributed by atoms with Crippen LogP contribution in [0.4, 0.5) is 14.5 Å². The monoisotopic (exact) mass is 632 g/mol. The Kier molecular flexibility index (Phi) is 8.20. The minimum absolute atomic E-state index is 0.351. The molecular formula is C32H20Cl2F2N4O2S. The summed E-state index contributed by atoms with van der Waals surface area (Å²) in [6.45, 7) is 1.88. The average molecular weight is 634 g/mol. The van der Waals surface area contributed by atoms with E-state index in [9.17, 15) is 8.78 Å². The van der Waals surface area contributed by atoms with Gasteiger partial charge in [0.2, 0.25) is 4.80 Å². The van der Waals surface area contributed by atoms with Crippen molar-refractivity contribution >= 4 is 46.4 Å². The van der Waals surface area contributed by atoms with Gasteiger partial charge in [-0.3, -0.25) is 0 Å². The van der Waals surface area contributed by atoms with Crippen LogP contribution in [-0.4, -0.2) is 16.0 Å². The van der Waals surface area contributed by atoms with Crippen LogP contribution in [0.3, 0.4) is 0 Å². The zero-order valence-corrected chi connectivity index (χ0v) is 24.7. The molecule has 6 aromatic rings. The molecule has 0 radical (unpaired) electrons. The van der Waals surface area contributed by atoms with Gasteiger partial charge < -0.3 is 9.26 Å². The SMILES string of the molecule is Cc1c(Cl)cccc1N=c1scc(-c2cc(-c3ccc(F)cc3)no2)n1/N=C/c1cc(F)ccc1Oc1cccc(Cl)c1.